The molecule has 1 heterocycles. The molecule has 2 N–H and O–H groups in total. The molecule has 0 aromatic heterocycles. The van der Waals surface area contributed by atoms with Crippen LogP contribution in [-0.4, -0.2) is 28.1 Å². The summed E-state index contributed by atoms with van der Waals surface area (Å²) in [6.45, 7) is 0.549. The van der Waals surface area contributed by atoms with Gasteiger partial charge in [0.25, 0.3) is 5.91 Å². The topological polar surface area (TPSA) is 79.2 Å². The van der Waals surface area contributed by atoms with E-state index in [-0.39, 0.29) is 12.5 Å². The summed E-state index contributed by atoms with van der Waals surface area (Å²) in [5, 5.41) is 17.0. The quantitative estimate of drug-likeness (QED) is 0.599. The molecule has 1 aromatic carbocycles. The normalized spacial score (nSPS) is 15.2. The summed E-state index contributed by atoms with van der Waals surface area (Å²) in [7, 11) is 0. The molecule has 0 unspecified atom stereocenters. The number of carbonyl (C=O) groups excluding carboxylic acids is 1. The van der Waals surface area contributed by atoms with Gasteiger partial charge in [-0.15, -0.1) is 0 Å². The number of carbonyl (C=O) groups is 1. The number of hydrogen-bond acceptors (Lipinski definition) is 5. The van der Waals surface area contributed by atoms with Gasteiger partial charge in [0, 0.05) is 6.42 Å². The van der Waals surface area contributed by atoms with E-state index in [0.29, 0.717) is 24.7 Å². The third-order valence-corrected chi connectivity index (χ3v) is 2.05. The van der Waals surface area contributed by atoms with Gasteiger partial charge in [0.15, 0.2) is 0 Å². The lowest BCUT2D eigenvalue weighted by atomic mass is 10.2. The van der Waals surface area contributed by atoms with Crippen LogP contribution in [0.1, 0.15) is 18.4 Å². The number of aliphatic hydroxyl groups is 1. The van der Waals surface area contributed by atoms with E-state index >= 15 is 0 Å². The second-order valence-electron chi connectivity index (χ2n) is 3.31. The fourth-order valence-electron chi connectivity index (χ4n) is 1.19. The van der Waals surface area contributed by atoms with Crippen LogP contribution >= 0.6 is 0 Å². The van der Waals surface area contributed by atoms with Crippen LogP contribution < -0.4 is 0 Å². The highest BCUT2D eigenvalue weighted by molar-refractivity contribution is 5.74. The first-order valence-corrected chi connectivity index (χ1v) is 5.20. The van der Waals surface area contributed by atoms with E-state index < -0.39 is 0 Å². The summed E-state index contributed by atoms with van der Waals surface area (Å²) in [5.74, 6) is -0.358. The van der Waals surface area contributed by atoms with Gasteiger partial charge in [-0.25, -0.2) is 10.1 Å². The van der Waals surface area contributed by atoms with Gasteiger partial charge < -0.3 is 5.11 Å². The van der Waals surface area contributed by atoms with Gasteiger partial charge in [0.2, 0.25) is 0 Å². The maximum absolute atomic E-state index is 10.5. The standard InChI is InChI=1S/C7H8O.C4H7NO4/c8-6-7-4-2-1-3-5-7;6-4-2-1-3-8-5(4)9-7/h1-5,8H,6H2;7H,1-3H2. The van der Waals surface area contributed by atoms with Gasteiger partial charge >= 0.3 is 0 Å². The molecular weight excluding hydrogens is 226 g/mol. The second kappa shape index (κ2) is 7.75. The van der Waals surface area contributed by atoms with Gasteiger partial charge in [-0.1, -0.05) is 40.5 Å². The van der Waals surface area contributed by atoms with Gasteiger partial charge in [-0.3, -0.25) is 4.79 Å². The zero-order valence-corrected chi connectivity index (χ0v) is 9.28. The van der Waals surface area contributed by atoms with Crippen molar-refractivity contribution in [3.8, 4) is 0 Å². The van der Waals surface area contributed by atoms with Crippen LogP contribution in [0.2, 0.25) is 0 Å². The molecule has 6 heteroatoms. The van der Waals surface area contributed by atoms with Crippen LogP contribution in [0.3, 0.4) is 0 Å². The molecule has 1 aromatic rings. The Labute approximate surface area is 98.8 Å². The Morgan fingerprint density at radius 1 is 1.35 bits per heavy atom. The number of hydrogen-bond donors (Lipinski definition) is 2. The molecule has 2 rings (SSSR count). The largest absolute Gasteiger partial charge is 0.392 e. The molecular formula is C11H15NO5. The third-order valence-electron chi connectivity index (χ3n) is 2.05. The lowest BCUT2D eigenvalue weighted by molar-refractivity contribution is -0.484. The van der Waals surface area contributed by atoms with Crippen molar-refractivity contribution < 1.29 is 25.0 Å². The minimum absolute atomic E-state index is 0.140. The van der Waals surface area contributed by atoms with Crippen molar-refractivity contribution in [1.29, 1.82) is 0 Å². The smallest absolute Gasteiger partial charge is 0.276 e. The van der Waals surface area contributed by atoms with E-state index in [2.05, 4.69) is 9.83 Å². The zero-order valence-electron chi connectivity index (χ0n) is 9.28. The van der Waals surface area contributed by atoms with E-state index in [0.717, 1.165) is 5.56 Å². The molecule has 1 fully saturated rings. The fourth-order valence-corrected chi connectivity index (χ4v) is 1.19. The van der Waals surface area contributed by atoms with E-state index in [9.17, 15) is 4.79 Å². The molecule has 6 nitrogen and oxygen atoms in total. The molecule has 0 saturated carbocycles. The van der Waals surface area contributed by atoms with E-state index in [1.165, 1.54) is 0 Å². The Hall–Kier alpha value is -1.47. The monoisotopic (exact) mass is 241 g/mol. The first kappa shape index (κ1) is 13.6. The molecule has 0 radical (unpaired) electrons. The van der Waals surface area contributed by atoms with Crippen molar-refractivity contribution in [3.63, 3.8) is 0 Å². The van der Waals surface area contributed by atoms with Gasteiger partial charge in [-0.05, 0) is 12.0 Å². The molecule has 1 aliphatic rings. The average Bonchev–Trinajstić information content (AvgIpc) is 2.41. The minimum atomic E-state index is -0.358. The van der Waals surface area contributed by atoms with Gasteiger partial charge in [0.1, 0.15) is 0 Å². The summed E-state index contributed by atoms with van der Waals surface area (Å²) in [4.78, 5) is 18.7. The predicted molar refractivity (Wildman–Crippen MR) is 58.1 cm³/mol. The summed E-state index contributed by atoms with van der Waals surface area (Å²) in [5.41, 5.74) is 0.965. The van der Waals surface area contributed by atoms with Crippen LogP contribution in [0.5, 0.6) is 0 Å². The molecule has 1 aliphatic heterocycles. The number of aliphatic hydroxyl groups excluding tert-OH is 1. The van der Waals surface area contributed by atoms with Gasteiger partial charge in [-0.2, -0.15) is 0 Å². The lowest BCUT2D eigenvalue weighted by Gasteiger charge is -2.19. The highest BCUT2D eigenvalue weighted by atomic mass is 17.3. The van der Waals surface area contributed by atoms with Crippen molar-refractivity contribution in [2.45, 2.75) is 19.4 Å². The van der Waals surface area contributed by atoms with E-state index in [1.807, 2.05) is 30.3 Å². The van der Waals surface area contributed by atoms with Crippen molar-refractivity contribution in [2.75, 3.05) is 6.61 Å². The van der Waals surface area contributed by atoms with Crippen molar-refractivity contribution in [3.05, 3.63) is 35.9 Å². The minimum Gasteiger partial charge on any atom is -0.392 e. The van der Waals surface area contributed by atoms with Gasteiger partial charge in [0.05, 0.1) is 13.2 Å². The number of hydroxylamine groups is 2. The molecule has 0 spiro atoms. The maximum Gasteiger partial charge on any atom is 0.276 e. The maximum atomic E-state index is 10.5. The molecule has 0 atom stereocenters. The van der Waals surface area contributed by atoms with Crippen molar-refractivity contribution >= 4 is 5.91 Å². The molecule has 1 amide bonds. The fraction of sp³-hybridized carbons (Fsp3) is 0.364. The molecule has 17 heavy (non-hydrogen) atoms. The Kier molecular flexibility index (Phi) is 6.19. The predicted octanol–water partition coefficient (Wildman–Crippen LogP) is 1.12. The zero-order chi connectivity index (χ0) is 12.5. The molecule has 0 bridgehead atoms. The highest BCUT2D eigenvalue weighted by Crippen LogP contribution is 2.06. The summed E-state index contributed by atoms with van der Waals surface area (Å²) in [6.07, 6.45) is 1.04. The van der Waals surface area contributed by atoms with Crippen LogP contribution in [0.15, 0.2) is 30.3 Å². The highest BCUT2D eigenvalue weighted by Gasteiger charge is 2.19. The molecule has 1 saturated heterocycles. The van der Waals surface area contributed by atoms with Crippen LogP contribution in [0.25, 0.3) is 0 Å². The average molecular weight is 241 g/mol. The number of nitrogens with zero attached hydrogens (tertiary/aromatic N) is 1. The molecule has 0 aliphatic carbocycles. The summed E-state index contributed by atoms with van der Waals surface area (Å²) < 4.78 is 0. The Morgan fingerprint density at radius 2 is 2.06 bits per heavy atom. The lowest BCUT2D eigenvalue weighted by Crippen LogP contribution is -2.34. The first-order chi connectivity index (χ1) is 8.27. The third kappa shape index (κ3) is 4.92. The van der Waals surface area contributed by atoms with Crippen molar-refractivity contribution in [2.24, 2.45) is 0 Å². The Morgan fingerprint density at radius 3 is 2.47 bits per heavy atom. The summed E-state index contributed by atoms with van der Waals surface area (Å²) >= 11 is 0. The Bertz CT molecular complexity index is 330. The Balaban J connectivity index is 0.000000171. The summed E-state index contributed by atoms with van der Waals surface area (Å²) in [6, 6.07) is 9.52. The number of rotatable bonds is 2. The molecule has 94 valence electrons. The van der Waals surface area contributed by atoms with E-state index in [4.69, 9.17) is 10.4 Å². The second-order valence-corrected chi connectivity index (χ2v) is 3.31. The van der Waals surface area contributed by atoms with E-state index in [1.54, 1.807) is 0 Å². The van der Waals surface area contributed by atoms with Crippen molar-refractivity contribution in [1.82, 2.24) is 5.23 Å². The first-order valence-electron chi connectivity index (χ1n) is 5.20. The number of amides is 1. The van der Waals surface area contributed by atoms with Crippen LogP contribution in [-0.2, 0) is 21.2 Å². The SMILES string of the molecule is O=C1CCCON1OO.OCc1ccccc1. The van der Waals surface area contributed by atoms with Crippen LogP contribution in [0, 0.1) is 0 Å². The van der Waals surface area contributed by atoms with Crippen LogP contribution in [0.4, 0.5) is 0 Å². The number of benzene rings is 1.